The third kappa shape index (κ3) is 4.52. The fraction of sp³-hybridized carbons (Fsp3) is 0.0526. The highest BCUT2D eigenvalue weighted by molar-refractivity contribution is 9.10. The van der Waals surface area contributed by atoms with Crippen LogP contribution in [0.2, 0.25) is 0 Å². The average Bonchev–Trinajstić information content (AvgIpc) is 3.12. The normalized spacial score (nSPS) is 10.2. The van der Waals surface area contributed by atoms with E-state index in [2.05, 4.69) is 26.8 Å². The van der Waals surface area contributed by atoms with E-state index >= 15 is 0 Å². The second-order valence-electron chi connectivity index (χ2n) is 5.28. The Morgan fingerprint density at radius 3 is 2.31 bits per heavy atom. The van der Waals surface area contributed by atoms with Crippen molar-refractivity contribution in [2.45, 2.75) is 6.61 Å². The lowest BCUT2D eigenvalue weighted by Gasteiger charge is -2.12. The number of rotatable bonds is 5. The van der Waals surface area contributed by atoms with E-state index in [1.807, 2.05) is 30.3 Å². The molecule has 6 nitrogen and oxygen atoms in total. The van der Waals surface area contributed by atoms with Crippen molar-refractivity contribution < 1.29 is 18.7 Å². The first-order valence-corrected chi connectivity index (χ1v) is 8.54. The number of furan rings is 1. The van der Waals surface area contributed by atoms with E-state index in [0.717, 1.165) is 5.56 Å². The summed E-state index contributed by atoms with van der Waals surface area (Å²) in [5, 5.41) is 0. The van der Waals surface area contributed by atoms with Crippen LogP contribution in [0.5, 0.6) is 5.75 Å². The van der Waals surface area contributed by atoms with Crippen LogP contribution < -0.4 is 15.6 Å². The van der Waals surface area contributed by atoms with Gasteiger partial charge in [0.15, 0.2) is 10.4 Å². The standard InChI is InChI=1S/C19H15BrN2O4/c20-17-11-10-16(26-17)19(24)22-21-18(23)14-8-4-5-9-15(14)25-12-13-6-2-1-3-7-13/h1-11H,12H2,(H,21,23)(H,22,24). The lowest BCUT2D eigenvalue weighted by atomic mass is 10.2. The number of benzene rings is 2. The number of carbonyl (C=O) groups excluding carboxylic acids is 2. The number of hydrogen-bond donors (Lipinski definition) is 2. The minimum absolute atomic E-state index is 0.0748. The summed E-state index contributed by atoms with van der Waals surface area (Å²) in [7, 11) is 0. The van der Waals surface area contributed by atoms with Gasteiger partial charge in [-0.15, -0.1) is 0 Å². The second kappa shape index (κ2) is 8.35. The van der Waals surface area contributed by atoms with E-state index in [0.29, 0.717) is 22.6 Å². The molecule has 26 heavy (non-hydrogen) atoms. The zero-order chi connectivity index (χ0) is 18.4. The summed E-state index contributed by atoms with van der Waals surface area (Å²) < 4.78 is 11.3. The molecule has 0 saturated heterocycles. The molecule has 0 radical (unpaired) electrons. The molecular formula is C19H15BrN2O4. The smallest absolute Gasteiger partial charge is 0.305 e. The van der Waals surface area contributed by atoms with Crippen LogP contribution in [0.4, 0.5) is 0 Å². The molecule has 7 heteroatoms. The highest BCUT2D eigenvalue weighted by Gasteiger charge is 2.15. The summed E-state index contributed by atoms with van der Waals surface area (Å²) in [6.45, 7) is 0.331. The van der Waals surface area contributed by atoms with Crippen molar-refractivity contribution in [3.63, 3.8) is 0 Å². The molecule has 0 saturated carbocycles. The Hall–Kier alpha value is -3.06. The van der Waals surface area contributed by atoms with Gasteiger partial charge in [0.25, 0.3) is 5.91 Å². The number of hydrazine groups is 1. The van der Waals surface area contributed by atoms with Gasteiger partial charge in [0.1, 0.15) is 12.4 Å². The quantitative estimate of drug-likeness (QED) is 0.623. The van der Waals surface area contributed by atoms with E-state index in [4.69, 9.17) is 9.15 Å². The first-order chi connectivity index (χ1) is 12.6. The Labute approximate surface area is 158 Å². The summed E-state index contributed by atoms with van der Waals surface area (Å²) in [5.74, 6) is -0.561. The van der Waals surface area contributed by atoms with Gasteiger partial charge in [-0.1, -0.05) is 42.5 Å². The number of para-hydroxylation sites is 1. The number of hydrogen-bond acceptors (Lipinski definition) is 4. The zero-order valence-electron chi connectivity index (χ0n) is 13.6. The minimum Gasteiger partial charge on any atom is -0.488 e. The zero-order valence-corrected chi connectivity index (χ0v) is 15.2. The van der Waals surface area contributed by atoms with Crippen molar-refractivity contribution in [1.82, 2.24) is 10.9 Å². The van der Waals surface area contributed by atoms with Gasteiger partial charge in [-0.2, -0.15) is 0 Å². The Morgan fingerprint density at radius 2 is 1.58 bits per heavy atom. The van der Waals surface area contributed by atoms with Crippen LogP contribution in [0.25, 0.3) is 0 Å². The molecule has 1 aromatic heterocycles. The maximum atomic E-state index is 12.4. The summed E-state index contributed by atoms with van der Waals surface area (Å²) in [6, 6.07) is 19.5. The van der Waals surface area contributed by atoms with Gasteiger partial charge < -0.3 is 9.15 Å². The molecule has 2 N–H and O–H groups in total. The van der Waals surface area contributed by atoms with E-state index in [9.17, 15) is 9.59 Å². The van der Waals surface area contributed by atoms with E-state index < -0.39 is 11.8 Å². The Bertz CT molecular complexity index is 909. The maximum Gasteiger partial charge on any atom is 0.305 e. The Balaban J connectivity index is 1.63. The lowest BCUT2D eigenvalue weighted by molar-refractivity contribution is 0.0828. The SMILES string of the molecule is O=C(NNC(=O)c1ccccc1OCc1ccccc1)c1ccc(Br)o1. The Kier molecular flexibility index (Phi) is 5.70. The van der Waals surface area contributed by atoms with Gasteiger partial charge in [-0.25, -0.2) is 0 Å². The predicted octanol–water partition coefficient (Wildman–Crippen LogP) is 3.70. The van der Waals surface area contributed by atoms with Crippen LogP contribution >= 0.6 is 15.9 Å². The summed E-state index contributed by atoms with van der Waals surface area (Å²) in [5.41, 5.74) is 5.95. The van der Waals surface area contributed by atoms with Crippen LogP contribution in [0, 0.1) is 0 Å². The molecule has 2 amide bonds. The van der Waals surface area contributed by atoms with Crippen molar-refractivity contribution in [1.29, 1.82) is 0 Å². The molecule has 0 unspecified atom stereocenters. The van der Waals surface area contributed by atoms with Gasteiger partial charge in [0, 0.05) is 0 Å². The lowest BCUT2D eigenvalue weighted by Crippen LogP contribution is -2.41. The highest BCUT2D eigenvalue weighted by atomic mass is 79.9. The first kappa shape index (κ1) is 17.8. The molecule has 0 bridgehead atoms. The van der Waals surface area contributed by atoms with E-state index in [1.54, 1.807) is 30.3 Å². The molecule has 0 aliphatic heterocycles. The molecule has 0 aliphatic rings. The second-order valence-corrected chi connectivity index (χ2v) is 6.06. The van der Waals surface area contributed by atoms with Crippen molar-refractivity contribution in [3.8, 4) is 5.75 Å². The Morgan fingerprint density at radius 1 is 0.885 bits per heavy atom. The molecule has 0 aliphatic carbocycles. The molecule has 0 atom stereocenters. The van der Waals surface area contributed by atoms with E-state index in [-0.39, 0.29) is 5.76 Å². The van der Waals surface area contributed by atoms with Gasteiger partial charge in [-0.3, -0.25) is 20.4 Å². The number of ether oxygens (including phenoxy) is 1. The third-order valence-corrected chi connectivity index (χ3v) is 3.88. The monoisotopic (exact) mass is 414 g/mol. The van der Waals surface area contributed by atoms with Crippen LogP contribution in [-0.4, -0.2) is 11.8 Å². The predicted molar refractivity (Wildman–Crippen MR) is 98.6 cm³/mol. The largest absolute Gasteiger partial charge is 0.488 e. The summed E-state index contributed by atoms with van der Waals surface area (Å²) in [6.07, 6.45) is 0. The number of carbonyl (C=O) groups is 2. The highest BCUT2D eigenvalue weighted by Crippen LogP contribution is 2.19. The van der Waals surface area contributed by atoms with E-state index in [1.165, 1.54) is 6.07 Å². The summed E-state index contributed by atoms with van der Waals surface area (Å²) in [4.78, 5) is 24.3. The molecule has 132 valence electrons. The van der Waals surface area contributed by atoms with Crippen molar-refractivity contribution >= 4 is 27.7 Å². The average molecular weight is 415 g/mol. The summed E-state index contributed by atoms with van der Waals surface area (Å²) >= 11 is 3.11. The molecule has 3 rings (SSSR count). The fourth-order valence-corrected chi connectivity index (χ4v) is 2.50. The molecule has 1 heterocycles. The molecule has 2 aromatic carbocycles. The van der Waals surface area contributed by atoms with Crippen LogP contribution in [0.3, 0.4) is 0 Å². The van der Waals surface area contributed by atoms with Crippen molar-refractivity contribution in [3.05, 3.63) is 88.3 Å². The first-order valence-electron chi connectivity index (χ1n) is 7.75. The topological polar surface area (TPSA) is 80.6 Å². The number of nitrogens with one attached hydrogen (secondary N) is 2. The molecular weight excluding hydrogens is 400 g/mol. The maximum absolute atomic E-state index is 12.4. The molecule has 0 spiro atoms. The number of halogens is 1. The van der Waals surface area contributed by atoms with Crippen LogP contribution in [0.1, 0.15) is 26.5 Å². The fourth-order valence-electron chi connectivity index (χ4n) is 2.19. The van der Waals surface area contributed by atoms with Gasteiger partial charge >= 0.3 is 5.91 Å². The van der Waals surface area contributed by atoms with Crippen molar-refractivity contribution in [2.24, 2.45) is 0 Å². The van der Waals surface area contributed by atoms with Crippen molar-refractivity contribution in [2.75, 3.05) is 0 Å². The third-order valence-electron chi connectivity index (χ3n) is 3.46. The minimum atomic E-state index is -0.563. The van der Waals surface area contributed by atoms with Crippen LogP contribution in [-0.2, 0) is 6.61 Å². The molecule has 3 aromatic rings. The number of amides is 2. The molecule has 0 fully saturated rings. The van der Waals surface area contributed by atoms with Gasteiger partial charge in [0.05, 0.1) is 5.56 Å². The van der Waals surface area contributed by atoms with Crippen LogP contribution in [0.15, 0.2) is 75.8 Å². The van der Waals surface area contributed by atoms with Gasteiger partial charge in [-0.05, 0) is 45.8 Å². The van der Waals surface area contributed by atoms with Gasteiger partial charge in [0.2, 0.25) is 0 Å².